The van der Waals surface area contributed by atoms with Gasteiger partial charge >= 0.3 is 5.91 Å². The minimum absolute atomic E-state index is 0.00938. The lowest BCUT2D eigenvalue weighted by atomic mass is 9.72. The monoisotopic (exact) mass is 566 g/mol. The third-order valence-corrected chi connectivity index (χ3v) is 9.64. The predicted octanol–water partition coefficient (Wildman–Crippen LogP) is 8.53. The maximum Gasteiger partial charge on any atom is 0.346 e. The van der Waals surface area contributed by atoms with Crippen LogP contribution in [0.1, 0.15) is 111 Å². The molecule has 2 aliphatic heterocycles. The lowest BCUT2D eigenvalue weighted by Gasteiger charge is -2.37. The van der Waals surface area contributed by atoms with E-state index >= 15 is 0 Å². The van der Waals surface area contributed by atoms with Gasteiger partial charge in [-0.1, -0.05) is 45.9 Å². The Balaban J connectivity index is 1.47. The Morgan fingerprint density at radius 1 is 1.22 bits per heavy atom. The van der Waals surface area contributed by atoms with Crippen molar-refractivity contribution in [3.05, 3.63) is 77.6 Å². The van der Waals surface area contributed by atoms with Crippen LogP contribution in [0.4, 0.5) is 8.78 Å². The first-order chi connectivity index (χ1) is 19.5. The van der Waals surface area contributed by atoms with Gasteiger partial charge in [-0.3, -0.25) is 14.5 Å². The smallest absolute Gasteiger partial charge is 0.346 e. The highest BCUT2D eigenvalue weighted by Crippen LogP contribution is 2.56. The maximum absolute atomic E-state index is 14.4. The van der Waals surface area contributed by atoms with Gasteiger partial charge in [-0.15, -0.1) is 0 Å². The summed E-state index contributed by atoms with van der Waals surface area (Å²) in [6.07, 6.45) is 14.8. The Kier molecular flexibility index (Phi) is 9.47. The highest BCUT2D eigenvalue weighted by atomic mass is 19.3. The van der Waals surface area contributed by atoms with Crippen LogP contribution in [0.15, 0.2) is 49.5 Å². The molecule has 0 aliphatic carbocycles. The number of ether oxygens (including phenoxy) is 1. The summed E-state index contributed by atoms with van der Waals surface area (Å²) in [6.45, 7) is 12.1. The molecule has 4 atom stereocenters. The fraction of sp³-hybridized carbons (Fsp3) is 0.559. The molecule has 4 unspecified atom stereocenters. The molecule has 0 saturated carbocycles. The van der Waals surface area contributed by atoms with E-state index < -0.39 is 5.92 Å². The topological polar surface area (TPSA) is 52.1 Å². The number of carbonyl (C=O) groups is 1. The van der Waals surface area contributed by atoms with E-state index in [0.717, 1.165) is 68.2 Å². The standard InChI is InChI=1S/C34H46F2N3O2/c1-7-9-10-11-20-41-25(4)31-24(3)14-12-16-28(31)32(40)39(6)27-17-18-30(39)33(5,21-27)19-13-15-26-22-38-29(23-37-26)34(35,36)8-2/h11-12,14,16,20,22-23,27,30H,4,7-10,13,15,17-19,21H2,1-3,5-6H3/q+1. The van der Waals surface area contributed by atoms with E-state index in [1.165, 1.54) is 19.3 Å². The summed E-state index contributed by atoms with van der Waals surface area (Å²) in [5.41, 5.74) is 2.92. The van der Waals surface area contributed by atoms with Crippen molar-refractivity contribution in [1.29, 1.82) is 0 Å². The van der Waals surface area contributed by atoms with Gasteiger partial charge in [0.2, 0.25) is 0 Å². The minimum Gasteiger partial charge on any atom is -0.465 e. The number of benzene rings is 1. The molecule has 2 bridgehead atoms. The number of carbonyl (C=O) groups excluding carboxylic acids is 1. The third-order valence-electron chi connectivity index (χ3n) is 9.64. The summed E-state index contributed by atoms with van der Waals surface area (Å²) in [4.78, 5) is 22.7. The molecular weight excluding hydrogens is 520 g/mol. The average molecular weight is 567 g/mol. The van der Waals surface area contributed by atoms with Crippen molar-refractivity contribution in [3.8, 4) is 0 Å². The molecule has 7 heteroatoms. The summed E-state index contributed by atoms with van der Waals surface area (Å²) in [7, 11) is 2.12. The molecule has 2 aliphatic rings. The normalized spacial score (nSPS) is 25.6. The Hall–Kier alpha value is -2.93. The molecule has 1 aromatic heterocycles. The molecule has 222 valence electrons. The SMILES string of the molecule is C=C(OC=CCCCC)c1c(C)cccc1C(=O)[N+]1(C)C2CCC1C(C)(CCCc1cnc(C(F)(F)CC)cn1)C2. The highest BCUT2D eigenvalue weighted by Gasteiger charge is 2.65. The van der Waals surface area contributed by atoms with Gasteiger partial charge in [0.1, 0.15) is 17.5 Å². The Bertz CT molecular complexity index is 1280. The summed E-state index contributed by atoms with van der Waals surface area (Å²) < 4.78 is 34.1. The van der Waals surface area contributed by atoms with Gasteiger partial charge in [0.05, 0.1) is 36.8 Å². The quantitative estimate of drug-likeness (QED) is 0.139. The van der Waals surface area contributed by atoms with Crippen LogP contribution in [0.5, 0.6) is 0 Å². The van der Waals surface area contributed by atoms with Gasteiger partial charge in [0.15, 0.2) is 0 Å². The number of nitrogens with zero attached hydrogens (tertiary/aromatic N) is 3. The van der Waals surface area contributed by atoms with Crippen molar-refractivity contribution in [2.24, 2.45) is 5.41 Å². The van der Waals surface area contributed by atoms with Gasteiger partial charge in [-0.2, -0.15) is 8.78 Å². The molecule has 0 spiro atoms. The number of rotatable bonds is 13. The molecule has 1 aromatic carbocycles. The van der Waals surface area contributed by atoms with Gasteiger partial charge in [0.25, 0.3) is 5.92 Å². The zero-order chi connectivity index (χ0) is 29.8. The van der Waals surface area contributed by atoms with E-state index in [2.05, 4.69) is 37.4 Å². The second-order valence-corrected chi connectivity index (χ2v) is 12.4. The summed E-state index contributed by atoms with van der Waals surface area (Å²) in [5.74, 6) is -2.31. The van der Waals surface area contributed by atoms with Crippen LogP contribution < -0.4 is 0 Å². The molecule has 2 fully saturated rings. The number of hydrogen-bond donors (Lipinski definition) is 0. The molecule has 2 saturated heterocycles. The van der Waals surface area contributed by atoms with Crippen molar-refractivity contribution in [3.63, 3.8) is 0 Å². The van der Waals surface area contributed by atoms with Crippen LogP contribution >= 0.6 is 0 Å². The zero-order valence-electron chi connectivity index (χ0n) is 25.4. The number of aromatic nitrogens is 2. The lowest BCUT2D eigenvalue weighted by Crippen LogP contribution is -2.55. The van der Waals surface area contributed by atoms with Crippen LogP contribution in [-0.2, 0) is 17.1 Å². The third kappa shape index (κ3) is 6.15. The highest BCUT2D eigenvalue weighted by molar-refractivity contribution is 5.95. The lowest BCUT2D eigenvalue weighted by molar-refractivity contribution is -0.855. The number of allylic oxidation sites excluding steroid dienone is 1. The zero-order valence-corrected chi connectivity index (χ0v) is 25.4. The van der Waals surface area contributed by atoms with Crippen molar-refractivity contribution in [2.45, 2.75) is 110 Å². The van der Waals surface area contributed by atoms with E-state index in [1.807, 2.05) is 31.2 Å². The van der Waals surface area contributed by atoms with Crippen LogP contribution in [0.25, 0.3) is 5.76 Å². The van der Waals surface area contributed by atoms with Crippen molar-refractivity contribution < 1.29 is 22.8 Å². The van der Waals surface area contributed by atoms with Crippen LogP contribution in [0.3, 0.4) is 0 Å². The van der Waals surface area contributed by atoms with Gasteiger partial charge in [-0.25, -0.2) is 4.79 Å². The second kappa shape index (κ2) is 12.5. The summed E-state index contributed by atoms with van der Waals surface area (Å²) >= 11 is 0. The van der Waals surface area contributed by atoms with Gasteiger partial charge < -0.3 is 4.74 Å². The largest absolute Gasteiger partial charge is 0.465 e. The number of fused-ring (bicyclic) bond motifs is 2. The number of aryl methyl sites for hydroxylation is 2. The molecule has 1 amide bonds. The molecule has 4 rings (SSSR count). The minimum atomic E-state index is -2.95. The van der Waals surface area contributed by atoms with E-state index in [0.29, 0.717) is 22.2 Å². The molecule has 3 heterocycles. The number of halogens is 2. The average Bonchev–Trinajstić information content (AvgIpc) is 3.39. The summed E-state index contributed by atoms with van der Waals surface area (Å²) in [6, 6.07) is 6.35. The first-order valence-electron chi connectivity index (χ1n) is 15.2. The van der Waals surface area contributed by atoms with Crippen LogP contribution in [0, 0.1) is 12.3 Å². The van der Waals surface area contributed by atoms with Crippen molar-refractivity contribution in [2.75, 3.05) is 7.05 Å². The summed E-state index contributed by atoms with van der Waals surface area (Å²) in [5, 5.41) is 0. The molecular formula is C34H46F2N3O2+. The maximum atomic E-state index is 14.4. The number of alkyl halides is 2. The number of unbranched alkanes of at least 4 members (excludes halogenated alkanes) is 2. The Morgan fingerprint density at radius 2 is 2.00 bits per heavy atom. The van der Waals surface area contributed by atoms with E-state index in [-0.39, 0.29) is 35.5 Å². The Morgan fingerprint density at radius 3 is 2.68 bits per heavy atom. The Labute approximate surface area is 244 Å². The van der Waals surface area contributed by atoms with Crippen LogP contribution in [0.2, 0.25) is 0 Å². The van der Waals surface area contributed by atoms with E-state index in [1.54, 1.807) is 6.26 Å². The molecule has 0 N–H and O–H groups in total. The molecule has 0 radical (unpaired) electrons. The molecule has 2 aromatic rings. The number of hydrogen-bond acceptors (Lipinski definition) is 4. The van der Waals surface area contributed by atoms with E-state index in [4.69, 9.17) is 4.74 Å². The fourth-order valence-electron chi connectivity index (χ4n) is 7.26. The predicted molar refractivity (Wildman–Crippen MR) is 159 cm³/mol. The fourth-order valence-corrected chi connectivity index (χ4v) is 7.26. The first-order valence-corrected chi connectivity index (χ1v) is 15.2. The second-order valence-electron chi connectivity index (χ2n) is 12.4. The van der Waals surface area contributed by atoms with Crippen LogP contribution in [-0.4, -0.2) is 39.5 Å². The number of amides is 1. The van der Waals surface area contributed by atoms with Gasteiger partial charge in [-0.05, 0) is 56.7 Å². The molecule has 41 heavy (non-hydrogen) atoms. The van der Waals surface area contributed by atoms with Crippen molar-refractivity contribution >= 4 is 11.7 Å². The van der Waals surface area contributed by atoms with Gasteiger partial charge in [0, 0.05) is 42.9 Å². The van der Waals surface area contributed by atoms with E-state index in [9.17, 15) is 13.6 Å². The molecule has 5 nitrogen and oxygen atoms in total. The number of quaternary nitrogens is 1. The first kappa shape index (κ1) is 31.0. The van der Waals surface area contributed by atoms with Crippen molar-refractivity contribution in [1.82, 2.24) is 9.97 Å².